The van der Waals surface area contributed by atoms with Gasteiger partial charge in [0, 0.05) is 13.0 Å². The van der Waals surface area contributed by atoms with Gasteiger partial charge < -0.3 is 4.57 Å². The molecule has 1 aromatic rings. The molecule has 66 valence electrons. The zero-order valence-corrected chi connectivity index (χ0v) is 7.70. The highest BCUT2D eigenvalue weighted by Crippen LogP contribution is 2.41. The Morgan fingerprint density at radius 1 is 1.58 bits per heavy atom. The van der Waals surface area contributed by atoms with Crippen molar-refractivity contribution in [2.75, 3.05) is 0 Å². The predicted octanol–water partition coefficient (Wildman–Crippen LogP) is 1.72. The predicted molar refractivity (Wildman–Crippen MR) is 46.8 cm³/mol. The van der Waals surface area contributed by atoms with Crippen LogP contribution in [0.15, 0.2) is 6.33 Å². The molecule has 0 atom stereocenters. The lowest BCUT2D eigenvalue weighted by Gasteiger charge is -2.33. The zero-order chi connectivity index (χ0) is 8.55. The highest BCUT2D eigenvalue weighted by Gasteiger charge is 2.31. The van der Waals surface area contributed by atoms with E-state index in [-0.39, 0.29) is 0 Å². The molecule has 1 fully saturated rings. The maximum Gasteiger partial charge on any atom is 0.135 e. The summed E-state index contributed by atoms with van der Waals surface area (Å²) in [5, 5.41) is 8.01. The second kappa shape index (κ2) is 2.88. The van der Waals surface area contributed by atoms with Gasteiger partial charge in [0.2, 0.25) is 0 Å². The molecule has 0 saturated heterocycles. The third-order valence-corrected chi connectivity index (χ3v) is 2.92. The molecule has 0 amide bonds. The van der Waals surface area contributed by atoms with Crippen molar-refractivity contribution in [2.24, 2.45) is 13.0 Å². The van der Waals surface area contributed by atoms with Crippen molar-refractivity contribution in [2.45, 2.75) is 32.1 Å². The Morgan fingerprint density at radius 2 is 2.33 bits per heavy atom. The number of hydrogen-bond acceptors (Lipinski definition) is 2. The van der Waals surface area contributed by atoms with Crippen molar-refractivity contribution in [3.63, 3.8) is 0 Å². The molecule has 1 aromatic heterocycles. The van der Waals surface area contributed by atoms with Gasteiger partial charge in [-0.05, 0) is 18.8 Å². The van der Waals surface area contributed by atoms with Crippen LogP contribution in [0.25, 0.3) is 0 Å². The molecule has 1 saturated carbocycles. The molecule has 0 aromatic carbocycles. The van der Waals surface area contributed by atoms with Gasteiger partial charge >= 0.3 is 0 Å². The van der Waals surface area contributed by atoms with E-state index in [1.807, 2.05) is 11.6 Å². The first-order valence-corrected chi connectivity index (χ1v) is 4.65. The van der Waals surface area contributed by atoms with Crippen LogP contribution in [-0.4, -0.2) is 14.8 Å². The average molecular weight is 165 g/mol. The quantitative estimate of drug-likeness (QED) is 0.668. The third-order valence-electron chi connectivity index (χ3n) is 2.92. The molecular formula is C9H15N3. The van der Waals surface area contributed by atoms with E-state index in [1.54, 1.807) is 6.33 Å². The van der Waals surface area contributed by atoms with E-state index in [2.05, 4.69) is 17.1 Å². The van der Waals surface area contributed by atoms with Crippen LogP contribution in [0.1, 0.15) is 37.9 Å². The van der Waals surface area contributed by atoms with Gasteiger partial charge in [-0.25, -0.2) is 0 Å². The fourth-order valence-corrected chi connectivity index (χ4v) is 1.94. The van der Waals surface area contributed by atoms with E-state index in [9.17, 15) is 0 Å². The Labute approximate surface area is 72.8 Å². The zero-order valence-electron chi connectivity index (χ0n) is 7.70. The number of nitrogens with zero attached hydrogens (tertiary/aromatic N) is 3. The van der Waals surface area contributed by atoms with E-state index in [0.717, 1.165) is 5.92 Å². The second-order valence-electron chi connectivity index (χ2n) is 3.74. The molecule has 2 rings (SSSR count). The van der Waals surface area contributed by atoms with Crippen LogP contribution in [-0.2, 0) is 7.05 Å². The summed E-state index contributed by atoms with van der Waals surface area (Å²) in [6.45, 7) is 2.26. The van der Waals surface area contributed by atoms with Gasteiger partial charge in [-0.15, -0.1) is 10.2 Å². The van der Waals surface area contributed by atoms with Gasteiger partial charge in [0.15, 0.2) is 0 Å². The SMILES string of the molecule is CCC1CC(c2nncn2C)C1. The molecule has 1 heterocycles. The number of hydrogen-bond donors (Lipinski definition) is 0. The summed E-state index contributed by atoms with van der Waals surface area (Å²) >= 11 is 0. The van der Waals surface area contributed by atoms with Crippen LogP contribution in [0.4, 0.5) is 0 Å². The fraction of sp³-hybridized carbons (Fsp3) is 0.778. The van der Waals surface area contributed by atoms with Crippen LogP contribution >= 0.6 is 0 Å². The Balaban J connectivity index is 2.01. The lowest BCUT2D eigenvalue weighted by molar-refractivity contribution is 0.243. The first-order valence-electron chi connectivity index (χ1n) is 4.65. The summed E-state index contributed by atoms with van der Waals surface area (Å²) < 4.78 is 2.04. The average Bonchev–Trinajstić information content (AvgIpc) is 2.35. The smallest absolute Gasteiger partial charge is 0.135 e. The van der Waals surface area contributed by atoms with Crippen molar-refractivity contribution in [3.05, 3.63) is 12.2 Å². The Morgan fingerprint density at radius 3 is 2.83 bits per heavy atom. The van der Waals surface area contributed by atoms with Crippen LogP contribution in [0.2, 0.25) is 0 Å². The summed E-state index contributed by atoms with van der Waals surface area (Å²) in [7, 11) is 2.02. The first kappa shape index (κ1) is 7.77. The molecule has 0 spiro atoms. The van der Waals surface area contributed by atoms with Crippen molar-refractivity contribution >= 4 is 0 Å². The first-order chi connectivity index (χ1) is 5.81. The molecule has 1 aliphatic rings. The monoisotopic (exact) mass is 165 g/mol. The molecule has 3 nitrogen and oxygen atoms in total. The molecule has 0 unspecified atom stereocenters. The Hall–Kier alpha value is -0.860. The minimum absolute atomic E-state index is 0.683. The maximum atomic E-state index is 4.12. The van der Waals surface area contributed by atoms with E-state index < -0.39 is 0 Å². The standard InChI is InChI=1S/C9H15N3/c1-3-7-4-8(5-7)9-11-10-6-12(9)2/h6-8H,3-5H2,1-2H3. The van der Waals surface area contributed by atoms with Gasteiger partial charge in [-0.3, -0.25) is 0 Å². The lowest BCUT2D eigenvalue weighted by atomic mass is 9.73. The lowest BCUT2D eigenvalue weighted by Crippen LogP contribution is -2.23. The summed E-state index contributed by atoms with van der Waals surface area (Å²) in [6, 6.07) is 0. The van der Waals surface area contributed by atoms with Crippen molar-refractivity contribution in [1.82, 2.24) is 14.8 Å². The van der Waals surface area contributed by atoms with Gasteiger partial charge in [0.25, 0.3) is 0 Å². The van der Waals surface area contributed by atoms with Gasteiger partial charge in [0.05, 0.1) is 0 Å². The van der Waals surface area contributed by atoms with Crippen LogP contribution in [0, 0.1) is 5.92 Å². The van der Waals surface area contributed by atoms with Crippen molar-refractivity contribution in [1.29, 1.82) is 0 Å². The topological polar surface area (TPSA) is 30.7 Å². The number of rotatable bonds is 2. The minimum Gasteiger partial charge on any atom is -0.320 e. The Kier molecular flexibility index (Phi) is 1.87. The molecular weight excluding hydrogens is 150 g/mol. The number of aromatic nitrogens is 3. The highest BCUT2D eigenvalue weighted by molar-refractivity contribution is 5.02. The Bertz CT molecular complexity index is 260. The van der Waals surface area contributed by atoms with Crippen LogP contribution in [0.5, 0.6) is 0 Å². The van der Waals surface area contributed by atoms with Crippen molar-refractivity contribution < 1.29 is 0 Å². The van der Waals surface area contributed by atoms with Gasteiger partial charge in [0.1, 0.15) is 12.2 Å². The summed E-state index contributed by atoms with van der Waals surface area (Å²) in [6.07, 6.45) is 5.72. The summed E-state index contributed by atoms with van der Waals surface area (Å²) in [4.78, 5) is 0. The maximum absolute atomic E-state index is 4.12. The van der Waals surface area contributed by atoms with E-state index in [4.69, 9.17) is 0 Å². The second-order valence-corrected chi connectivity index (χ2v) is 3.74. The van der Waals surface area contributed by atoms with E-state index in [1.165, 1.54) is 25.1 Å². The molecule has 0 aliphatic heterocycles. The summed E-state index contributed by atoms with van der Waals surface area (Å²) in [5.74, 6) is 2.79. The van der Waals surface area contributed by atoms with Gasteiger partial charge in [-0.1, -0.05) is 13.3 Å². The van der Waals surface area contributed by atoms with Crippen LogP contribution in [0.3, 0.4) is 0 Å². The van der Waals surface area contributed by atoms with Crippen LogP contribution < -0.4 is 0 Å². The minimum atomic E-state index is 0.683. The molecule has 3 heteroatoms. The highest BCUT2D eigenvalue weighted by atomic mass is 15.2. The van der Waals surface area contributed by atoms with E-state index in [0.29, 0.717) is 5.92 Å². The molecule has 0 radical (unpaired) electrons. The molecule has 0 N–H and O–H groups in total. The van der Waals surface area contributed by atoms with Gasteiger partial charge in [-0.2, -0.15) is 0 Å². The molecule has 12 heavy (non-hydrogen) atoms. The normalized spacial score (nSPS) is 28.5. The fourth-order valence-electron chi connectivity index (χ4n) is 1.94. The molecule has 1 aliphatic carbocycles. The number of aryl methyl sites for hydroxylation is 1. The summed E-state index contributed by atoms with van der Waals surface area (Å²) in [5.41, 5.74) is 0. The molecule has 0 bridgehead atoms. The van der Waals surface area contributed by atoms with E-state index >= 15 is 0 Å². The van der Waals surface area contributed by atoms with Crippen molar-refractivity contribution in [3.8, 4) is 0 Å². The largest absolute Gasteiger partial charge is 0.320 e. The third kappa shape index (κ3) is 1.13.